The molecule has 6 heteroatoms. The van der Waals surface area contributed by atoms with Crippen LogP contribution in [-0.4, -0.2) is 62.1 Å². The molecule has 1 amide bonds. The van der Waals surface area contributed by atoms with Gasteiger partial charge in [-0.15, -0.1) is 0 Å². The highest BCUT2D eigenvalue weighted by atomic mass is 35.5. The number of nitrogens with one attached hydrogen (secondary N) is 1. The molecule has 2 aromatic carbocycles. The Kier molecular flexibility index (Phi) is 8.55. The highest BCUT2D eigenvalue weighted by Gasteiger charge is 2.24. The van der Waals surface area contributed by atoms with Gasteiger partial charge in [0.25, 0.3) is 5.91 Å². The number of amides is 1. The molecule has 2 aromatic rings. The minimum absolute atomic E-state index is 0.0796. The number of benzene rings is 2. The van der Waals surface area contributed by atoms with E-state index in [1.807, 2.05) is 36.4 Å². The third-order valence-electron chi connectivity index (χ3n) is 5.55. The van der Waals surface area contributed by atoms with Gasteiger partial charge in [-0.05, 0) is 49.4 Å². The molecule has 0 aliphatic carbocycles. The first-order chi connectivity index (χ1) is 14.6. The molecule has 1 heterocycles. The average molecular weight is 430 g/mol. The van der Waals surface area contributed by atoms with Crippen molar-refractivity contribution in [2.24, 2.45) is 0 Å². The molecule has 0 bridgehead atoms. The number of halogens is 1. The van der Waals surface area contributed by atoms with Crippen molar-refractivity contribution in [2.75, 3.05) is 46.4 Å². The number of hydrogen-bond acceptors (Lipinski definition) is 4. The van der Waals surface area contributed by atoms with E-state index in [0.717, 1.165) is 49.8 Å². The standard InChI is InChI=1S/C24H32ClN3O2/c1-3-4-16-30-22-7-5-6-20(17-22)24(29)26-18-23(19-8-10-21(25)11-9-19)28-14-12-27(2)13-15-28/h5-11,17,23H,3-4,12-16,18H2,1-2H3,(H,26,29). The van der Waals surface area contributed by atoms with Crippen molar-refractivity contribution in [1.82, 2.24) is 15.1 Å². The molecule has 0 radical (unpaired) electrons. The van der Waals surface area contributed by atoms with Gasteiger partial charge in [-0.2, -0.15) is 0 Å². The second kappa shape index (κ2) is 11.3. The lowest BCUT2D eigenvalue weighted by Gasteiger charge is -2.38. The van der Waals surface area contributed by atoms with Crippen molar-refractivity contribution in [1.29, 1.82) is 0 Å². The molecule has 30 heavy (non-hydrogen) atoms. The monoisotopic (exact) mass is 429 g/mol. The van der Waals surface area contributed by atoms with Crippen molar-refractivity contribution in [3.63, 3.8) is 0 Å². The summed E-state index contributed by atoms with van der Waals surface area (Å²) in [4.78, 5) is 17.6. The van der Waals surface area contributed by atoms with Gasteiger partial charge in [0.1, 0.15) is 5.75 Å². The van der Waals surface area contributed by atoms with Crippen LogP contribution in [0.25, 0.3) is 0 Å². The molecular weight excluding hydrogens is 398 g/mol. The summed E-state index contributed by atoms with van der Waals surface area (Å²) in [5.74, 6) is 0.661. The number of ether oxygens (including phenoxy) is 1. The molecule has 1 unspecified atom stereocenters. The lowest BCUT2D eigenvalue weighted by molar-refractivity contribution is 0.0886. The van der Waals surface area contributed by atoms with E-state index >= 15 is 0 Å². The first-order valence-corrected chi connectivity index (χ1v) is 11.1. The van der Waals surface area contributed by atoms with Crippen LogP contribution in [0.1, 0.15) is 41.7 Å². The topological polar surface area (TPSA) is 44.8 Å². The summed E-state index contributed by atoms with van der Waals surface area (Å²) in [5.41, 5.74) is 1.79. The largest absolute Gasteiger partial charge is 0.494 e. The molecule has 1 aliphatic rings. The van der Waals surface area contributed by atoms with Crippen LogP contribution in [0.2, 0.25) is 5.02 Å². The van der Waals surface area contributed by atoms with Crippen molar-refractivity contribution < 1.29 is 9.53 Å². The molecule has 1 atom stereocenters. The zero-order valence-electron chi connectivity index (χ0n) is 17.9. The third kappa shape index (κ3) is 6.46. The van der Waals surface area contributed by atoms with Crippen molar-refractivity contribution in [2.45, 2.75) is 25.8 Å². The molecule has 0 spiro atoms. The molecule has 3 rings (SSSR count). The number of unbranched alkanes of at least 4 members (excludes halogenated alkanes) is 1. The predicted octanol–water partition coefficient (Wildman–Crippen LogP) is 4.24. The predicted molar refractivity (Wildman–Crippen MR) is 122 cm³/mol. The molecule has 5 nitrogen and oxygen atoms in total. The minimum Gasteiger partial charge on any atom is -0.494 e. The maximum absolute atomic E-state index is 12.8. The number of piperazine rings is 1. The maximum Gasteiger partial charge on any atom is 0.251 e. The Morgan fingerprint density at radius 2 is 1.87 bits per heavy atom. The Morgan fingerprint density at radius 1 is 1.13 bits per heavy atom. The van der Waals surface area contributed by atoms with Gasteiger partial charge in [0, 0.05) is 43.3 Å². The second-order valence-corrected chi connectivity index (χ2v) is 8.28. The SMILES string of the molecule is CCCCOc1cccc(C(=O)NCC(c2ccc(Cl)cc2)N2CCN(C)CC2)c1. The summed E-state index contributed by atoms with van der Waals surface area (Å²) in [6, 6.07) is 15.5. The fourth-order valence-corrected chi connectivity index (χ4v) is 3.76. The lowest BCUT2D eigenvalue weighted by atomic mass is 10.0. The first-order valence-electron chi connectivity index (χ1n) is 10.8. The van der Waals surface area contributed by atoms with E-state index in [4.69, 9.17) is 16.3 Å². The van der Waals surface area contributed by atoms with Crippen molar-refractivity contribution in [3.05, 3.63) is 64.7 Å². The lowest BCUT2D eigenvalue weighted by Crippen LogP contribution is -2.48. The fraction of sp³-hybridized carbons (Fsp3) is 0.458. The normalized spacial score (nSPS) is 16.2. The first kappa shape index (κ1) is 22.6. The van der Waals surface area contributed by atoms with Gasteiger partial charge in [0.15, 0.2) is 0 Å². The van der Waals surface area contributed by atoms with Crippen LogP contribution in [0.3, 0.4) is 0 Å². The smallest absolute Gasteiger partial charge is 0.251 e. The van der Waals surface area contributed by atoms with Crippen LogP contribution in [0.5, 0.6) is 5.75 Å². The van der Waals surface area contributed by atoms with E-state index in [9.17, 15) is 4.79 Å². The van der Waals surface area contributed by atoms with E-state index in [2.05, 4.69) is 41.2 Å². The van der Waals surface area contributed by atoms with Crippen molar-refractivity contribution in [3.8, 4) is 5.75 Å². The summed E-state index contributed by atoms with van der Waals surface area (Å²) in [7, 11) is 2.14. The summed E-state index contributed by atoms with van der Waals surface area (Å²) in [6.45, 7) is 7.34. The second-order valence-electron chi connectivity index (χ2n) is 7.85. The molecule has 0 saturated carbocycles. The van der Waals surface area contributed by atoms with E-state index in [0.29, 0.717) is 18.7 Å². The summed E-state index contributed by atoms with van der Waals surface area (Å²) >= 11 is 6.09. The molecule has 0 aromatic heterocycles. The van der Waals surface area contributed by atoms with Gasteiger partial charge in [0.05, 0.1) is 12.6 Å². The quantitative estimate of drug-likeness (QED) is 0.605. The molecule has 162 valence electrons. The molecule has 1 aliphatic heterocycles. The van der Waals surface area contributed by atoms with Crippen LogP contribution in [-0.2, 0) is 0 Å². The summed E-state index contributed by atoms with van der Waals surface area (Å²) in [6.07, 6.45) is 2.09. The average Bonchev–Trinajstić information content (AvgIpc) is 2.76. The van der Waals surface area contributed by atoms with Crippen LogP contribution >= 0.6 is 11.6 Å². The van der Waals surface area contributed by atoms with Gasteiger partial charge in [0.2, 0.25) is 0 Å². The van der Waals surface area contributed by atoms with Crippen LogP contribution in [0.4, 0.5) is 0 Å². The van der Waals surface area contributed by atoms with Crippen molar-refractivity contribution >= 4 is 17.5 Å². The number of carbonyl (C=O) groups excluding carboxylic acids is 1. The van der Waals surface area contributed by atoms with Gasteiger partial charge < -0.3 is 15.0 Å². The molecule has 1 fully saturated rings. The highest BCUT2D eigenvalue weighted by Crippen LogP contribution is 2.23. The summed E-state index contributed by atoms with van der Waals surface area (Å²) < 4.78 is 5.74. The molecule has 1 saturated heterocycles. The Bertz CT molecular complexity index is 804. The number of rotatable bonds is 9. The van der Waals surface area contributed by atoms with Gasteiger partial charge >= 0.3 is 0 Å². The zero-order chi connectivity index (χ0) is 21.3. The summed E-state index contributed by atoms with van der Waals surface area (Å²) in [5, 5.41) is 3.85. The Morgan fingerprint density at radius 3 is 2.57 bits per heavy atom. The Labute approximate surface area is 185 Å². The van der Waals surface area contributed by atoms with Gasteiger partial charge in [-0.1, -0.05) is 43.1 Å². The van der Waals surface area contributed by atoms with Crippen LogP contribution in [0.15, 0.2) is 48.5 Å². The molecule has 1 N–H and O–H groups in total. The Hall–Kier alpha value is -2.08. The van der Waals surface area contributed by atoms with E-state index in [-0.39, 0.29) is 11.9 Å². The number of likely N-dealkylation sites (N-methyl/N-ethyl adjacent to an activating group) is 1. The van der Waals surface area contributed by atoms with E-state index in [1.165, 1.54) is 5.56 Å². The Balaban J connectivity index is 1.66. The fourth-order valence-electron chi connectivity index (χ4n) is 3.63. The van der Waals surface area contributed by atoms with Crippen LogP contribution in [0, 0.1) is 0 Å². The minimum atomic E-state index is -0.0796. The number of carbonyl (C=O) groups is 1. The highest BCUT2D eigenvalue weighted by molar-refractivity contribution is 6.30. The van der Waals surface area contributed by atoms with Gasteiger partial charge in [-0.3, -0.25) is 9.69 Å². The number of hydrogen-bond donors (Lipinski definition) is 1. The zero-order valence-corrected chi connectivity index (χ0v) is 18.7. The molecular formula is C24H32ClN3O2. The number of nitrogens with zero attached hydrogens (tertiary/aromatic N) is 2. The van der Waals surface area contributed by atoms with Crippen LogP contribution < -0.4 is 10.1 Å². The maximum atomic E-state index is 12.8. The third-order valence-corrected chi connectivity index (χ3v) is 5.80. The van der Waals surface area contributed by atoms with Gasteiger partial charge in [-0.25, -0.2) is 0 Å². The van der Waals surface area contributed by atoms with E-state index in [1.54, 1.807) is 0 Å². The van der Waals surface area contributed by atoms with E-state index < -0.39 is 0 Å².